The molecule has 0 bridgehead atoms. The highest BCUT2D eigenvalue weighted by Gasteiger charge is 2.63. The molecule has 5 atom stereocenters. The Morgan fingerprint density at radius 3 is 2.14 bits per heavy atom. The molecule has 0 aliphatic carbocycles. The van der Waals surface area contributed by atoms with Gasteiger partial charge in [0.05, 0.1) is 7.82 Å². The minimum absolute atomic E-state index is 0.658. The van der Waals surface area contributed by atoms with Gasteiger partial charge in [-0.25, -0.2) is 4.39 Å². The van der Waals surface area contributed by atoms with E-state index in [2.05, 4.69) is 18.7 Å². The van der Waals surface area contributed by atoms with E-state index in [1.165, 1.54) is 0 Å². The summed E-state index contributed by atoms with van der Waals surface area (Å²) in [6, 6.07) is 0. The molecule has 0 amide bonds. The molecule has 1 saturated heterocycles. The van der Waals surface area contributed by atoms with Crippen LogP contribution in [-0.4, -0.2) is 60.0 Å². The maximum atomic E-state index is 15.1. The van der Waals surface area contributed by atoms with Crippen LogP contribution < -0.4 is 9.79 Å². The number of Topliss-reactive ketones (excluding diaryl/α,β-unsaturated/α-hetero) is 1. The van der Waals surface area contributed by atoms with Gasteiger partial charge in [0.2, 0.25) is 5.78 Å². The number of hydrogen-bond donors (Lipinski definition) is 1. The first kappa shape index (κ1) is 24.4. The molecule has 0 aromatic heterocycles. The number of carbonyl (C=O) groups excluding carboxylic acids is 3. The van der Waals surface area contributed by atoms with Gasteiger partial charge in [0.25, 0.3) is 5.85 Å². The van der Waals surface area contributed by atoms with Crippen molar-refractivity contribution in [2.24, 2.45) is 5.92 Å². The van der Waals surface area contributed by atoms with Gasteiger partial charge < -0.3 is 38.2 Å². The van der Waals surface area contributed by atoms with Crippen LogP contribution in [0.4, 0.5) is 17.6 Å². The maximum absolute atomic E-state index is 15.1. The van der Waals surface area contributed by atoms with Gasteiger partial charge in [-0.2, -0.15) is 13.2 Å². The van der Waals surface area contributed by atoms with Crippen LogP contribution in [0.2, 0.25) is 0 Å². The lowest BCUT2D eigenvalue weighted by Crippen LogP contribution is -2.66. The summed E-state index contributed by atoms with van der Waals surface area (Å²) in [5.41, 5.74) is 0. The highest BCUT2D eigenvalue weighted by atomic mass is 31.2. The van der Waals surface area contributed by atoms with E-state index in [1.54, 1.807) is 0 Å². The number of hydrogen-bond acceptors (Lipinski definition) is 11. The van der Waals surface area contributed by atoms with Gasteiger partial charge in [0.15, 0.2) is 19.0 Å². The molecule has 0 saturated carbocycles. The molecule has 16 heteroatoms. The smallest absolute Gasteiger partial charge is 0.450 e. The zero-order valence-corrected chi connectivity index (χ0v) is 14.9. The number of aliphatic hydroxyl groups excluding tert-OH is 1. The van der Waals surface area contributed by atoms with E-state index in [1.807, 2.05) is 0 Å². The van der Waals surface area contributed by atoms with Crippen molar-refractivity contribution < 1.29 is 70.1 Å². The summed E-state index contributed by atoms with van der Waals surface area (Å²) in [5, 5.41) is 10.0. The quantitative estimate of drug-likeness (QED) is 0.288. The molecule has 1 fully saturated rings. The Balaban J connectivity index is 3.43. The number of esters is 2. The zero-order valence-electron chi connectivity index (χ0n) is 14.0. The van der Waals surface area contributed by atoms with Gasteiger partial charge in [-0.3, -0.25) is 14.4 Å². The molecule has 0 radical (unpaired) electrons. The lowest BCUT2D eigenvalue weighted by atomic mass is 9.86. The molecule has 1 rings (SSSR count). The monoisotopic (exact) mass is 440 g/mol. The molecule has 0 aromatic carbocycles. The van der Waals surface area contributed by atoms with E-state index >= 15 is 4.39 Å². The second-order valence-corrected chi connectivity index (χ2v) is 6.62. The van der Waals surface area contributed by atoms with Crippen LogP contribution in [0.1, 0.15) is 13.8 Å². The van der Waals surface area contributed by atoms with E-state index in [-0.39, 0.29) is 0 Å². The first-order valence-electron chi connectivity index (χ1n) is 7.15. The lowest BCUT2D eigenvalue weighted by molar-refractivity contribution is -0.388. The van der Waals surface area contributed by atoms with Crippen molar-refractivity contribution in [3.63, 3.8) is 0 Å². The van der Waals surface area contributed by atoms with Crippen LogP contribution in [0.25, 0.3) is 0 Å². The number of ketones is 1. The molecule has 11 nitrogen and oxygen atoms in total. The molecule has 1 N–H and O–H groups in total. The minimum atomic E-state index is -6.17. The van der Waals surface area contributed by atoms with Crippen LogP contribution in [0.5, 0.6) is 0 Å². The van der Waals surface area contributed by atoms with Gasteiger partial charge in [0.1, 0.15) is 12.0 Å². The average Bonchev–Trinajstić information content (AvgIpc) is 2.46. The highest BCUT2D eigenvalue weighted by molar-refractivity contribution is 7.43. The molecule has 1 aliphatic heterocycles. The molecule has 1 aliphatic rings. The van der Waals surface area contributed by atoms with Crippen LogP contribution in [-0.2, 0) is 37.7 Å². The predicted molar refractivity (Wildman–Crippen MR) is 70.1 cm³/mol. The minimum Gasteiger partial charge on any atom is -0.790 e. The zero-order chi connectivity index (χ0) is 22.1. The second-order valence-electron chi connectivity index (χ2n) is 5.51. The van der Waals surface area contributed by atoms with E-state index < -0.39 is 68.6 Å². The van der Waals surface area contributed by atoms with Crippen molar-refractivity contribution >= 4 is 25.5 Å². The van der Waals surface area contributed by atoms with Gasteiger partial charge in [-0.15, -0.1) is 0 Å². The molecular weight excluding hydrogens is 427 g/mol. The van der Waals surface area contributed by atoms with Gasteiger partial charge in [-0.05, 0) is 0 Å². The summed E-state index contributed by atoms with van der Waals surface area (Å²) >= 11 is 0. The van der Waals surface area contributed by atoms with Gasteiger partial charge in [-0.1, -0.05) is 0 Å². The van der Waals surface area contributed by atoms with Crippen molar-refractivity contribution in [3.05, 3.63) is 0 Å². The highest BCUT2D eigenvalue weighted by Crippen LogP contribution is 2.44. The number of carbonyl (C=O) groups is 3. The molecule has 0 unspecified atom stereocenters. The second kappa shape index (κ2) is 8.39. The molecular formula is C12H13F4O11P-2. The Kier molecular flexibility index (Phi) is 7.31. The van der Waals surface area contributed by atoms with Crippen molar-refractivity contribution in [2.75, 3.05) is 6.61 Å². The molecule has 1 heterocycles. The maximum Gasteiger partial charge on any atom is 0.450 e. The molecule has 0 aromatic rings. The summed E-state index contributed by atoms with van der Waals surface area (Å²) in [5.74, 6) is -12.1. The van der Waals surface area contributed by atoms with E-state index in [9.17, 15) is 47.0 Å². The summed E-state index contributed by atoms with van der Waals surface area (Å²) in [7, 11) is -6.17. The predicted octanol–water partition coefficient (Wildman–Crippen LogP) is -1.54. The lowest BCUT2D eigenvalue weighted by Gasteiger charge is -2.47. The Morgan fingerprint density at radius 2 is 1.75 bits per heavy atom. The largest absolute Gasteiger partial charge is 0.790 e. The van der Waals surface area contributed by atoms with Crippen LogP contribution >= 0.6 is 7.82 Å². The average molecular weight is 440 g/mol. The Bertz CT molecular complexity index is 677. The summed E-state index contributed by atoms with van der Waals surface area (Å²) < 4.78 is 80.7. The van der Waals surface area contributed by atoms with Crippen molar-refractivity contribution in [1.29, 1.82) is 0 Å². The Hall–Kier alpha value is -1.64. The topological polar surface area (TPSA) is 172 Å². The number of rotatable bonds is 6. The first-order chi connectivity index (χ1) is 12.5. The Morgan fingerprint density at radius 1 is 1.21 bits per heavy atom. The third-order valence-electron chi connectivity index (χ3n) is 3.29. The van der Waals surface area contributed by atoms with Gasteiger partial charge in [0, 0.05) is 13.8 Å². The summed E-state index contributed by atoms with van der Waals surface area (Å²) in [6.45, 7) is -0.0886. The third kappa shape index (κ3) is 6.18. The van der Waals surface area contributed by atoms with Crippen LogP contribution in [0.3, 0.4) is 0 Å². The number of phosphoric acid groups is 1. The Labute approximate surface area is 153 Å². The van der Waals surface area contributed by atoms with Gasteiger partial charge >= 0.3 is 18.1 Å². The van der Waals surface area contributed by atoms with Crippen molar-refractivity contribution in [2.45, 2.75) is 44.4 Å². The normalized spacial score (nSPS) is 31.2. The fraction of sp³-hybridized carbons (Fsp3) is 0.750. The first-order valence-corrected chi connectivity index (χ1v) is 8.61. The summed E-state index contributed by atoms with van der Waals surface area (Å²) in [6.07, 6.45) is -14.4. The number of aliphatic hydroxyl groups is 1. The number of phosphoric ester groups is 1. The van der Waals surface area contributed by atoms with Crippen LogP contribution in [0, 0.1) is 5.92 Å². The SMILES string of the molecule is CC(=O)OC[C@@]1(F)O[C@H](OP(=O)([O-])[O-])[C@H](C(=O)C(F)(F)F)[C@@H](O)[C@@H]1OC(C)=O. The number of halogens is 4. The standard InChI is InChI=1S/C12H15F4O11P/c1-4(17)24-3-11(13)9(25-5(2)18)7(19)6(8(20)12(14,15)16)10(26-11)27-28(21,22)23/h6-7,9-10,19H,3H2,1-2H3,(H2,21,22,23)/p-2/t6-,7+,9-,10+,11+/m0/s1. The van der Waals surface area contributed by atoms with Crippen molar-refractivity contribution in [1.82, 2.24) is 0 Å². The van der Waals surface area contributed by atoms with E-state index in [4.69, 9.17) is 0 Å². The van der Waals surface area contributed by atoms with Crippen LogP contribution in [0.15, 0.2) is 0 Å². The van der Waals surface area contributed by atoms with E-state index in [0.29, 0.717) is 6.92 Å². The molecule has 162 valence electrons. The number of ether oxygens (including phenoxy) is 3. The third-order valence-corrected chi connectivity index (χ3v) is 3.75. The molecule has 0 spiro atoms. The fourth-order valence-corrected chi connectivity index (χ4v) is 2.70. The number of alkyl halides is 4. The molecule has 28 heavy (non-hydrogen) atoms. The summed E-state index contributed by atoms with van der Waals surface area (Å²) in [4.78, 5) is 55.1. The van der Waals surface area contributed by atoms with E-state index in [0.717, 1.165) is 6.92 Å². The fourth-order valence-electron chi connectivity index (χ4n) is 2.27. The van der Waals surface area contributed by atoms with Crippen molar-refractivity contribution in [3.8, 4) is 0 Å².